The summed E-state index contributed by atoms with van der Waals surface area (Å²) in [5, 5.41) is 5.37. The first kappa shape index (κ1) is 23.5. The molecule has 5 rings (SSSR count). The van der Waals surface area contributed by atoms with Crippen LogP contribution in [0.2, 0.25) is 10.0 Å². The Bertz CT molecular complexity index is 1540. The summed E-state index contributed by atoms with van der Waals surface area (Å²) in [7, 11) is 0. The number of hydrogen-bond acceptors (Lipinski definition) is 3. The van der Waals surface area contributed by atoms with Gasteiger partial charge in [0.05, 0.1) is 26.9 Å². The molecule has 0 spiro atoms. The SMILES string of the molecule is CC(Sc1cccc(NC(=O)c2ccc(Cl)cc2Cl)c1)C(=O)n1c2ccccc2c2ccccc21. The van der Waals surface area contributed by atoms with Gasteiger partial charge in [0.1, 0.15) is 0 Å². The topological polar surface area (TPSA) is 51.1 Å². The quantitative estimate of drug-likeness (QED) is 0.238. The van der Waals surface area contributed by atoms with Crippen LogP contribution in [0.4, 0.5) is 5.69 Å². The lowest BCUT2D eigenvalue weighted by atomic mass is 10.2. The van der Waals surface area contributed by atoms with E-state index in [0.717, 1.165) is 26.7 Å². The first-order valence-electron chi connectivity index (χ1n) is 11.0. The van der Waals surface area contributed by atoms with E-state index in [-0.39, 0.29) is 22.1 Å². The van der Waals surface area contributed by atoms with Crippen molar-refractivity contribution in [3.05, 3.63) is 107 Å². The van der Waals surface area contributed by atoms with Gasteiger partial charge in [0.25, 0.3) is 5.91 Å². The number of benzene rings is 4. The van der Waals surface area contributed by atoms with Crippen LogP contribution in [0.1, 0.15) is 22.1 Å². The first-order valence-corrected chi connectivity index (χ1v) is 12.6. The van der Waals surface area contributed by atoms with Crippen LogP contribution in [0.5, 0.6) is 0 Å². The van der Waals surface area contributed by atoms with E-state index < -0.39 is 0 Å². The van der Waals surface area contributed by atoms with E-state index >= 15 is 0 Å². The average molecular weight is 519 g/mol. The fourth-order valence-corrected chi connectivity index (χ4v) is 5.58. The zero-order valence-corrected chi connectivity index (χ0v) is 21.0. The summed E-state index contributed by atoms with van der Waals surface area (Å²) in [5.41, 5.74) is 2.74. The van der Waals surface area contributed by atoms with Crippen LogP contribution in [0.3, 0.4) is 0 Å². The number of para-hydroxylation sites is 2. The molecule has 4 nitrogen and oxygen atoms in total. The third kappa shape index (κ3) is 4.67. The third-order valence-corrected chi connectivity index (χ3v) is 7.36. The van der Waals surface area contributed by atoms with Crippen LogP contribution in [0.25, 0.3) is 21.8 Å². The molecule has 0 aliphatic heterocycles. The van der Waals surface area contributed by atoms with Gasteiger partial charge in [-0.25, -0.2) is 0 Å². The molecule has 4 aromatic carbocycles. The maximum atomic E-state index is 13.6. The van der Waals surface area contributed by atoms with E-state index in [1.807, 2.05) is 73.7 Å². The highest BCUT2D eigenvalue weighted by Crippen LogP contribution is 2.32. The van der Waals surface area contributed by atoms with Gasteiger partial charge in [-0.15, -0.1) is 11.8 Å². The Kier molecular flexibility index (Phi) is 6.56. The molecule has 0 aliphatic rings. The van der Waals surface area contributed by atoms with Crippen molar-refractivity contribution in [2.45, 2.75) is 17.1 Å². The molecule has 1 aromatic heterocycles. The lowest BCUT2D eigenvalue weighted by molar-refractivity contribution is 0.0924. The minimum Gasteiger partial charge on any atom is -0.322 e. The number of anilines is 1. The van der Waals surface area contributed by atoms with Crippen LogP contribution in [0, 0.1) is 0 Å². The molecule has 0 saturated heterocycles. The summed E-state index contributed by atoms with van der Waals surface area (Å²) in [6.45, 7) is 1.90. The predicted octanol–water partition coefficient (Wildman–Crippen LogP) is 8.17. The van der Waals surface area contributed by atoms with Crippen LogP contribution in [-0.2, 0) is 0 Å². The lowest BCUT2D eigenvalue weighted by Gasteiger charge is -2.14. The molecule has 0 aliphatic carbocycles. The molecule has 1 amide bonds. The summed E-state index contributed by atoms with van der Waals surface area (Å²) in [5.74, 6) is -0.335. The molecular formula is C28H20Cl2N2O2S. The van der Waals surface area contributed by atoms with E-state index in [1.165, 1.54) is 17.8 Å². The molecule has 5 aromatic rings. The fourth-order valence-electron chi connectivity index (χ4n) is 4.12. The molecule has 0 fully saturated rings. The van der Waals surface area contributed by atoms with Crippen molar-refractivity contribution in [2.24, 2.45) is 0 Å². The summed E-state index contributed by atoms with van der Waals surface area (Å²) in [6.07, 6.45) is 0. The Morgan fingerprint density at radius 2 is 1.49 bits per heavy atom. The predicted molar refractivity (Wildman–Crippen MR) is 146 cm³/mol. The summed E-state index contributed by atoms with van der Waals surface area (Å²) in [6, 6.07) is 28.1. The van der Waals surface area contributed by atoms with E-state index in [2.05, 4.69) is 5.32 Å². The molecule has 7 heteroatoms. The summed E-state index contributed by atoms with van der Waals surface area (Å²) < 4.78 is 1.80. The first-order chi connectivity index (χ1) is 16.9. The number of carbonyl (C=O) groups excluding carboxylic acids is 2. The number of amides is 1. The molecule has 1 heterocycles. The summed E-state index contributed by atoms with van der Waals surface area (Å²) >= 11 is 13.5. The van der Waals surface area contributed by atoms with Gasteiger partial charge < -0.3 is 5.32 Å². The second-order valence-corrected chi connectivity index (χ2v) is 10.3. The van der Waals surface area contributed by atoms with Crippen molar-refractivity contribution < 1.29 is 9.59 Å². The molecule has 1 N–H and O–H groups in total. The van der Waals surface area contributed by atoms with Gasteiger partial charge in [-0.1, -0.05) is 65.7 Å². The molecule has 0 saturated carbocycles. The number of thioether (sulfide) groups is 1. The van der Waals surface area contributed by atoms with Crippen molar-refractivity contribution in [1.82, 2.24) is 4.57 Å². The molecule has 1 unspecified atom stereocenters. The molecule has 35 heavy (non-hydrogen) atoms. The Hall–Kier alpha value is -3.25. The normalized spacial score (nSPS) is 12.1. The van der Waals surface area contributed by atoms with Gasteiger partial charge in [0, 0.05) is 26.4 Å². The van der Waals surface area contributed by atoms with Crippen molar-refractivity contribution in [3.8, 4) is 0 Å². The van der Waals surface area contributed by atoms with Gasteiger partial charge >= 0.3 is 0 Å². The number of nitrogens with one attached hydrogen (secondary N) is 1. The number of fused-ring (bicyclic) bond motifs is 3. The molecule has 0 bridgehead atoms. The second kappa shape index (κ2) is 9.78. The monoisotopic (exact) mass is 518 g/mol. The molecule has 0 radical (unpaired) electrons. The number of halogens is 2. The molecule has 174 valence electrons. The third-order valence-electron chi connectivity index (χ3n) is 5.73. The van der Waals surface area contributed by atoms with Crippen molar-refractivity contribution >= 4 is 74.3 Å². The Labute approximate surface area is 216 Å². The van der Waals surface area contributed by atoms with E-state index in [9.17, 15) is 9.59 Å². The van der Waals surface area contributed by atoms with Crippen molar-refractivity contribution in [1.29, 1.82) is 0 Å². The van der Waals surface area contributed by atoms with Crippen molar-refractivity contribution in [3.63, 3.8) is 0 Å². The maximum absolute atomic E-state index is 13.6. The smallest absolute Gasteiger partial charge is 0.257 e. The number of carbonyl (C=O) groups is 2. The maximum Gasteiger partial charge on any atom is 0.257 e. The largest absolute Gasteiger partial charge is 0.322 e. The van der Waals surface area contributed by atoms with E-state index in [1.54, 1.807) is 22.8 Å². The summed E-state index contributed by atoms with van der Waals surface area (Å²) in [4.78, 5) is 27.2. The van der Waals surface area contributed by atoms with Gasteiger partial charge in [-0.2, -0.15) is 0 Å². The fraction of sp³-hybridized carbons (Fsp3) is 0.0714. The van der Waals surface area contributed by atoms with Crippen LogP contribution < -0.4 is 5.32 Å². The molecular weight excluding hydrogens is 499 g/mol. The van der Waals surface area contributed by atoms with E-state index in [0.29, 0.717) is 16.3 Å². The highest BCUT2D eigenvalue weighted by molar-refractivity contribution is 8.00. The molecule has 1 atom stereocenters. The van der Waals surface area contributed by atoms with Crippen LogP contribution in [-0.4, -0.2) is 21.6 Å². The highest BCUT2D eigenvalue weighted by atomic mass is 35.5. The van der Waals surface area contributed by atoms with Crippen molar-refractivity contribution in [2.75, 3.05) is 5.32 Å². The zero-order valence-electron chi connectivity index (χ0n) is 18.7. The highest BCUT2D eigenvalue weighted by Gasteiger charge is 2.22. The zero-order chi connectivity index (χ0) is 24.5. The van der Waals surface area contributed by atoms with Gasteiger partial charge in [0.15, 0.2) is 0 Å². The van der Waals surface area contributed by atoms with Gasteiger partial charge in [-0.3, -0.25) is 14.2 Å². The van der Waals surface area contributed by atoms with Gasteiger partial charge in [0.2, 0.25) is 5.91 Å². The van der Waals surface area contributed by atoms with E-state index in [4.69, 9.17) is 23.2 Å². The number of rotatable bonds is 5. The number of hydrogen-bond donors (Lipinski definition) is 1. The van der Waals surface area contributed by atoms with Crippen LogP contribution in [0.15, 0.2) is 95.9 Å². The lowest BCUT2D eigenvalue weighted by Crippen LogP contribution is -2.21. The second-order valence-electron chi connectivity index (χ2n) is 8.07. The minimum atomic E-state index is -0.356. The Morgan fingerprint density at radius 3 is 2.14 bits per heavy atom. The standard InChI is InChI=1S/C28H20Cl2N2O2S/c1-17(28(34)32-25-11-4-2-9-21(25)22-10-3-5-12-26(22)32)35-20-8-6-7-19(16-20)31-27(33)23-14-13-18(29)15-24(23)30/h2-17H,1H3,(H,31,33). The minimum absolute atomic E-state index is 0.00483. The van der Waals surface area contributed by atoms with Crippen LogP contribution >= 0.6 is 35.0 Å². The number of aromatic nitrogens is 1. The average Bonchev–Trinajstić information content (AvgIpc) is 3.18. The van der Waals surface area contributed by atoms with Gasteiger partial charge in [-0.05, 0) is 55.5 Å². The number of nitrogens with zero attached hydrogens (tertiary/aromatic N) is 1. The Morgan fingerprint density at radius 1 is 0.829 bits per heavy atom. The Balaban J connectivity index is 1.38.